The molecular weight excluding hydrogens is 420 g/mol. The number of aromatic hydroxyl groups is 1. The Labute approximate surface area is 162 Å². The van der Waals surface area contributed by atoms with Crippen molar-refractivity contribution in [3.63, 3.8) is 0 Å². The van der Waals surface area contributed by atoms with Gasteiger partial charge >= 0.3 is 0 Å². The molecule has 0 amide bonds. The quantitative estimate of drug-likeness (QED) is 0.528. The number of halogens is 1. The number of nitrogens with zero attached hydrogens (tertiary/aromatic N) is 1. The van der Waals surface area contributed by atoms with Crippen molar-refractivity contribution in [1.29, 1.82) is 0 Å². The number of hydrogen-bond donors (Lipinski definition) is 2. The lowest BCUT2D eigenvalue weighted by Crippen LogP contribution is -2.20. The van der Waals surface area contributed by atoms with Crippen molar-refractivity contribution >= 4 is 32.2 Å². The summed E-state index contributed by atoms with van der Waals surface area (Å²) in [5.41, 5.74) is 2.89. The zero-order chi connectivity index (χ0) is 19.5. The van der Waals surface area contributed by atoms with Gasteiger partial charge in [-0.3, -0.25) is 0 Å². The third-order valence-electron chi connectivity index (χ3n) is 3.61. The summed E-state index contributed by atoms with van der Waals surface area (Å²) in [5, 5.41) is 13.8. The van der Waals surface area contributed by atoms with Gasteiger partial charge < -0.3 is 9.84 Å². The van der Waals surface area contributed by atoms with Gasteiger partial charge in [-0.05, 0) is 72.4 Å². The summed E-state index contributed by atoms with van der Waals surface area (Å²) in [6.45, 7) is 7.61. The van der Waals surface area contributed by atoms with Crippen LogP contribution in [0.2, 0.25) is 0 Å². The molecule has 0 atom stereocenters. The predicted octanol–water partition coefficient (Wildman–Crippen LogP) is 3.79. The molecule has 0 fully saturated rings. The van der Waals surface area contributed by atoms with Gasteiger partial charge in [0.1, 0.15) is 0 Å². The van der Waals surface area contributed by atoms with Crippen molar-refractivity contribution < 1.29 is 18.3 Å². The molecule has 0 aliphatic heterocycles. The first-order valence-corrected chi connectivity index (χ1v) is 10.2. The molecule has 0 unspecified atom stereocenters. The Balaban J connectivity index is 2.28. The lowest BCUT2D eigenvalue weighted by Gasteiger charge is -2.11. The van der Waals surface area contributed by atoms with Crippen LogP contribution in [0.15, 0.2) is 38.7 Å². The average molecular weight is 441 g/mol. The van der Waals surface area contributed by atoms with E-state index in [0.717, 1.165) is 5.56 Å². The molecule has 2 N–H and O–H groups in total. The molecule has 0 saturated heterocycles. The highest BCUT2D eigenvalue weighted by Crippen LogP contribution is 2.35. The maximum atomic E-state index is 12.6. The fourth-order valence-corrected chi connectivity index (χ4v) is 4.45. The largest absolute Gasteiger partial charge is 0.503 e. The van der Waals surface area contributed by atoms with E-state index in [-0.39, 0.29) is 16.4 Å². The number of benzene rings is 2. The number of phenols is 1. The molecule has 0 aliphatic rings. The molecule has 140 valence electrons. The number of rotatable bonds is 6. The van der Waals surface area contributed by atoms with Crippen molar-refractivity contribution in [2.45, 2.75) is 32.6 Å². The Morgan fingerprint density at radius 1 is 1.19 bits per heavy atom. The summed E-state index contributed by atoms with van der Waals surface area (Å²) in [4.78, 5) is 2.46. The number of sulfonamides is 1. The Morgan fingerprint density at radius 3 is 2.38 bits per heavy atom. The van der Waals surface area contributed by atoms with E-state index in [1.165, 1.54) is 6.21 Å². The summed E-state index contributed by atoms with van der Waals surface area (Å²) in [5.74, 6) is 0.270. The minimum absolute atomic E-state index is 0.0181. The van der Waals surface area contributed by atoms with Crippen LogP contribution in [-0.2, 0) is 10.0 Å². The van der Waals surface area contributed by atoms with Crippen LogP contribution in [-0.4, -0.2) is 26.3 Å². The molecule has 0 spiro atoms. The van der Waals surface area contributed by atoms with Gasteiger partial charge in [0.05, 0.1) is 22.2 Å². The van der Waals surface area contributed by atoms with Crippen LogP contribution in [0.1, 0.15) is 29.2 Å². The monoisotopic (exact) mass is 440 g/mol. The third kappa shape index (κ3) is 4.56. The number of aryl methyl sites for hydroxylation is 3. The summed E-state index contributed by atoms with van der Waals surface area (Å²) in [6, 6.07) is 6.81. The van der Waals surface area contributed by atoms with Crippen molar-refractivity contribution in [3.05, 3.63) is 51.0 Å². The predicted molar refractivity (Wildman–Crippen MR) is 106 cm³/mol. The van der Waals surface area contributed by atoms with Gasteiger partial charge in [-0.2, -0.15) is 13.5 Å². The number of ether oxygens (including phenoxy) is 1. The molecule has 0 aromatic heterocycles. The summed E-state index contributed by atoms with van der Waals surface area (Å²) < 4.78 is 30.9. The van der Waals surface area contributed by atoms with Gasteiger partial charge in [-0.1, -0.05) is 17.7 Å². The normalized spacial score (nSPS) is 11.7. The molecule has 2 rings (SSSR count). The Morgan fingerprint density at radius 2 is 1.81 bits per heavy atom. The van der Waals surface area contributed by atoms with Gasteiger partial charge in [0.25, 0.3) is 10.0 Å². The van der Waals surface area contributed by atoms with Crippen molar-refractivity contribution in [2.24, 2.45) is 5.10 Å². The highest BCUT2D eigenvalue weighted by Gasteiger charge is 2.19. The minimum atomic E-state index is -3.79. The van der Waals surface area contributed by atoms with Crippen molar-refractivity contribution in [2.75, 3.05) is 6.61 Å². The SMILES string of the molecule is CCOc1cc(/C=N/NS(=O)(=O)c2c(C)cc(C)cc2C)cc(Br)c1O. The second-order valence-corrected chi connectivity index (χ2v) is 8.32. The maximum absolute atomic E-state index is 12.6. The van der Waals surface area contributed by atoms with E-state index in [9.17, 15) is 13.5 Å². The first-order chi connectivity index (χ1) is 12.2. The highest BCUT2D eigenvalue weighted by molar-refractivity contribution is 9.10. The number of phenolic OH excluding ortho intramolecular Hbond substituents is 1. The fraction of sp³-hybridized carbons (Fsp3) is 0.278. The highest BCUT2D eigenvalue weighted by atomic mass is 79.9. The fourth-order valence-electron chi connectivity index (χ4n) is 2.74. The van der Waals surface area contributed by atoms with Gasteiger partial charge in [0, 0.05) is 0 Å². The Hall–Kier alpha value is -2.06. The minimum Gasteiger partial charge on any atom is -0.503 e. The third-order valence-corrected chi connectivity index (χ3v) is 5.74. The van der Waals surface area contributed by atoms with Gasteiger partial charge in [-0.25, -0.2) is 4.83 Å². The van der Waals surface area contributed by atoms with Gasteiger partial charge in [-0.15, -0.1) is 0 Å². The van der Waals surface area contributed by atoms with Crippen molar-refractivity contribution in [3.8, 4) is 11.5 Å². The first kappa shape index (κ1) is 20.3. The molecule has 0 bridgehead atoms. The lowest BCUT2D eigenvalue weighted by molar-refractivity contribution is 0.317. The molecule has 2 aromatic rings. The molecule has 0 radical (unpaired) electrons. The molecule has 8 heteroatoms. The van der Waals surface area contributed by atoms with Crippen LogP contribution < -0.4 is 9.57 Å². The topological polar surface area (TPSA) is 88.0 Å². The Bertz CT molecular complexity index is 933. The van der Waals surface area contributed by atoms with E-state index in [1.54, 1.807) is 32.9 Å². The molecule has 0 heterocycles. The summed E-state index contributed by atoms with van der Waals surface area (Å²) in [6.07, 6.45) is 1.35. The lowest BCUT2D eigenvalue weighted by atomic mass is 10.1. The van der Waals surface area contributed by atoms with Crippen LogP contribution >= 0.6 is 15.9 Å². The van der Waals surface area contributed by atoms with Gasteiger partial charge in [0.15, 0.2) is 11.5 Å². The van der Waals surface area contributed by atoms with Crippen molar-refractivity contribution in [1.82, 2.24) is 4.83 Å². The van der Waals surface area contributed by atoms with Crippen LogP contribution in [0, 0.1) is 20.8 Å². The number of hydrazone groups is 1. The molecule has 0 saturated carbocycles. The second kappa shape index (κ2) is 8.09. The van der Waals surface area contributed by atoms with E-state index in [0.29, 0.717) is 27.8 Å². The average Bonchev–Trinajstić information content (AvgIpc) is 2.50. The van der Waals surface area contributed by atoms with Crippen LogP contribution in [0.4, 0.5) is 0 Å². The van der Waals surface area contributed by atoms with E-state index >= 15 is 0 Å². The van der Waals surface area contributed by atoms with Crippen LogP contribution in [0.3, 0.4) is 0 Å². The summed E-state index contributed by atoms with van der Waals surface area (Å²) >= 11 is 3.23. The molecule has 2 aromatic carbocycles. The van der Waals surface area contributed by atoms with E-state index < -0.39 is 10.0 Å². The standard InChI is InChI=1S/C18H21BrN2O4S/c1-5-25-16-9-14(8-15(19)17(16)22)10-20-21-26(23,24)18-12(3)6-11(2)7-13(18)4/h6-10,21-22H,5H2,1-4H3/b20-10+. The first-order valence-electron chi connectivity index (χ1n) is 7.93. The molecule has 6 nitrogen and oxygen atoms in total. The van der Waals surface area contributed by atoms with E-state index in [4.69, 9.17) is 4.74 Å². The Kier molecular flexibility index (Phi) is 6.30. The van der Waals surface area contributed by atoms with Crippen LogP contribution in [0.25, 0.3) is 0 Å². The summed E-state index contributed by atoms with van der Waals surface area (Å²) in [7, 11) is -3.79. The number of nitrogens with one attached hydrogen (secondary N) is 1. The van der Waals surface area contributed by atoms with Crippen LogP contribution in [0.5, 0.6) is 11.5 Å². The zero-order valence-electron chi connectivity index (χ0n) is 15.0. The second-order valence-electron chi connectivity index (χ2n) is 5.86. The maximum Gasteiger partial charge on any atom is 0.277 e. The van der Waals surface area contributed by atoms with E-state index in [1.807, 2.05) is 19.1 Å². The van der Waals surface area contributed by atoms with Gasteiger partial charge in [0.2, 0.25) is 0 Å². The molecule has 26 heavy (non-hydrogen) atoms. The molecule has 0 aliphatic carbocycles. The number of hydrogen-bond acceptors (Lipinski definition) is 5. The van der Waals surface area contributed by atoms with E-state index in [2.05, 4.69) is 25.9 Å². The smallest absolute Gasteiger partial charge is 0.277 e. The zero-order valence-corrected chi connectivity index (χ0v) is 17.4. The molecular formula is C18H21BrN2O4S.